The third kappa shape index (κ3) is 7.30. The number of methoxy groups -OCH3 is 2. The number of nitrogens with zero attached hydrogens (tertiary/aromatic N) is 5. The van der Waals surface area contributed by atoms with Gasteiger partial charge in [-0.2, -0.15) is 0 Å². The van der Waals surface area contributed by atoms with Crippen molar-refractivity contribution in [3.05, 3.63) is 133 Å². The molecular weight excluding hydrogens is 654 g/mol. The van der Waals surface area contributed by atoms with E-state index in [2.05, 4.69) is 20.6 Å². The topological polar surface area (TPSA) is 141 Å². The summed E-state index contributed by atoms with van der Waals surface area (Å²) in [5.41, 5.74) is 7.40. The van der Waals surface area contributed by atoms with Crippen molar-refractivity contribution in [1.82, 2.24) is 35.6 Å². The second-order valence-corrected chi connectivity index (χ2v) is 12.0. The summed E-state index contributed by atoms with van der Waals surface area (Å²) < 4.78 is 10.4. The quantitative estimate of drug-likeness (QED) is 0.141. The van der Waals surface area contributed by atoms with Gasteiger partial charge < -0.3 is 20.1 Å². The summed E-state index contributed by atoms with van der Waals surface area (Å²) in [7, 11) is 3.20. The zero-order valence-electron chi connectivity index (χ0n) is 28.7. The molecule has 11 heteroatoms. The third-order valence-corrected chi connectivity index (χ3v) is 8.64. The molecular formula is C41H35N7O4. The minimum Gasteiger partial charge on any atom is -0.497 e. The number of carbonyl (C=O) groups excluding carboxylic acids is 2. The molecule has 0 spiro atoms. The SMILES string of the molecule is COCCNC(=O)c1ccc2cncc(-c3ccc(-c4ncc(-c5ccc(OC)cc5)c5nc(C(=O)NCCc6ccccc6)ccc45)nc3)c2n1. The molecule has 5 heterocycles. The first kappa shape index (κ1) is 33.9. The third-order valence-electron chi connectivity index (χ3n) is 8.64. The number of aromatic nitrogens is 5. The van der Waals surface area contributed by atoms with Crippen LogP contribution in [0, 0.1) is 0 Å². The Bertz CT molecular complexity index is 2370. The van der Waals surface area contributed by atoms with E-state index in [0.29, 0.717) is 59.9 Å². The van der Waals surface area contributed by atoms with Gasteiger partial charge in [-0.05, 0) is 60.0 Å². The van der Waals surface area contributed by atoms with Crippen molar-refractivity contribution in [2.24, 2.45) is 0 Å². The van der Waals surface area contributed by atoms with Crippen LogP contribution in [0.25, 0.3) is 55.4 Å². The van der Waals surface area contributed by atoms with E-state index in [0.717, 1.165) is 44.3 Å². The van der Waals surface area contributed by atoms with Gasteiger partial charge in [-0.15, -0.1) is 0 Å². The fourth-order valence-corrected chi connectivity index (χ4v) is 5.91. The van der Waals surface area contributed by atoms with Crippen LogP contribution in [-0.2, 0) is 11.2 Å². The number of nitrogens with one attached hydrogen (secondary N) is 2. The van der Waals surface area contributed by atoms with Gasteiger partial charge in [0.25, 0.3) is 11.8 Å². The molecule has 0 aliphatic rings. The van der Waals surface area contributed by atoms with Crippen LogP contribution in [0.4, 0.5) is 0 Å². The highest BCUT2D eigenvalue weighted by Crippen LogP contribution is 2.34. The Morgan fingerprint density at radius 3 is 2.10 bits per heavy atom. The van der Waals surface area contributed by atoms with E-state index in [1.54, 1.807) is 51.1 Å². The average molecular weight is 690 g/mol. The lowest BCUT2D eigenvalue weighted by atomic mass is 10.0. The Hall–Kier alpha value is -6.59. The van der Waals surface area contributed by atoms with Gasteiger partial charge in [0, 0.05) is 72.4 Å². The number of hydrogen-bond donors (Lipinski definition) is 2. The first-order chi connectivity index (χ1) is 25.5. The molecule has 7 rings (SSSR count). The van der Waals surface area contributed by atoms with Gasteiger partial charge in [0.15, 0.2) is 0 Å². The van der Waals surface area contributed by atoms with Gasteiger partial charge in [0.1, 0.15) is 17.1 Å². The molecule has 0 fully saturated rings. The Morgan fingerprint density at radius 2 is 1.37 bits per heavy atom. The van der Waals surface area contributed by atoms with Gasteiger partial charge in [0.05, 0.1) is 36.1 Å². The number of ether oxygens (including phenoxy) is 2. The van der Waals surface area contributed by atoms with Crippen molar-refractivity contribution >= 4 is 33.6 Å². The van der Waals surface area contributed by atoms with Crippen LogP contribution >= 0.6 is 0 Å². The Balaban J connectivity index is 1.22. The van der Waals surface area contributed by atoms with Gasteiger partial charge >= 0.3 is 0 Å². The lowest BCUT2D eigenvalue weighted by Gasteiger charge is -2.13. The van der Waals surface area contributed by atoms with Crippen molar-refractivity contribution in [2.45, 2.75) is 6.42 Å². The summed E-state index contributed by atoms with van der Waals surface area (Å²) in [5.74, 6) is 0.187. The summed E-state index contributed by atoms with van der Waals surface area (Å²) in [6.07, 6.45) is 7.64. The van der Waals surface area contributed by atoms with Crippen LogP contribution in [0.5, 0.6) is 5.75 Å². The molecule has 11 nitrogen and oxygen atoms in total. The van der Waals surface area contributed by atoms with Crippen molar-refractivity contribution in [3.8, 4) is 39.4 Å². The molecule has 0 aliphatic carbocycles. The highest BCUT2D eigenvalue weighted by molar-refractivity contribution is 6.03. The second-order valence-electron chi connectivity index (χ2n) is 12.0. The predicted molar refractivity (Wildman–Crippen MR) is 200 cm³/mol. The minimum absolute atomic E-state index is 0.257. The standard InChI is InChI=1S/C41H35N7O4/c1-51-21-20-44-41(50)35-16-11-29-22-42-24-32(37(29)47-35)28-10-15-34(45-23-28)39-31-14-17-36(40(49)43-19-18-26-6-4-3-5-7-26)48-38(31)33(25-46-39)27-8-12-30(52-2)13-9-27/h3-17,22-25H,18-21H2,1-2H3,(H,43,49)(H,44,50). The Labute approximate surface area is 300 Å². The maximum absolute atomic E-state index is 13.3. The first-order valence-electron chi connectivity index (χ1n) is 16.8. The molecule has 2 amide bonds. The molecule has 2 aromatic carbocycles. The number of benzene rings is 2. The fourth-order valence-electron chi connectivity index (χ4n) is 5.91. The summed E-state index contributed by atoms with van der Waals surface area (Å²) in [6.45, 7) is 1.27. The molecule has 0 saturated carbocycles. The lowest BCUT2D eigenvalue weighted by Crippen LogP contribution is -2.27. The zero-order chi connectivity index (χ0) is 35.9. The predicted octanol–water partition coefficient (Wildman–Crippen LogP) is 6.33. The number of fused-ring (bicyclic) bond motifs is 2. The van der Waals surface area contributed by atoms with Crippen LogP contribution in [0.15, 0.2) is 116 Å². The molecule has 7 aromatic rings. The fraction of sp³-hybridized carbons (Fsp3) is 0.146. The molecule has 2 N–H and O–H groups in total. The van der Waals surface area contributed by atoms with E-state index in [4.69, 9.17) is 24.4 Å². The highest BCUT2D eigenvalue weighted by Gasteiger charge is 2.18. The summed E-state index contributed by atoms with van der Waals surface area (Å²) in [4.78, 5) is 49.6. The van der Waals surface area contributed by atoms with E-state index in [9.17, 15) is 9.59 Å². The molecule has 0 unspecified atom stereocenters. The zero-order valence-corrected chi connectivity index (χ0v) is 28.7. The monoisotopic (exact) mass is 689 g/mol. The van der Waals surface area contributed by atoms with E-state index < -0.39 is 0 Å². The number of carbonyl (C=O) groups is 2. The van der Waals surface area contributed by atoms with E-state index in [1.807, 2.05) is 78.9 Å². The van der Waals surface area contributed by atoms with Crippen LogP contribution in [0.2, 0.25) is 0 Å². The normalized spacial score (nSPS) is 11.0. The van der Waals surface area contributed by atoms with Gasteiger partial charge in [-0.3, -0.25) is 24.5 Å². The molecule has 5 aromatic heterocycles. The smallest absolute Gasteiger partial charge is 0.269 e. The molecule has 0 atom stereocenters. The number of hydrogen-bond acceptors (Lipinski definition) is 9. The van der Waals surface area contributed by atoms with Crippen molar-refractivity contribution in [2.75, 3.05) is 33.9 Å². The second kappa shape index (κ2) is 15.5. The Kier molecular flexibility index (Phi) is 10.1. The van der Waals surface area contributed by atoms with Crippen LogP contribution in [-0.4, -0.2) is 70.7 Å². The molecule has 258 valence electrons. The number of amides is 2. The molecule has 0 radical (unpaired) electrons. The molecule has 0 bridgehead atoms. The van der Waals surface area contributed by atoms with E-state index in [1.165, 1.54) is 0 Å². The maximum Gasteiger partial charge on any atom is 0.269 e. The van der Waals surface area contributed by atoms with Crippen molar-refractivity contribution < 1.29 is 19.1 Å². The summed E-state index contributed by atoms with van der Waals surface area (Å²) in [6, 6.07) is 28.6. The average Bonchev–Trinajstić information content (AvgIpc) is 3.20. The lowest BCUT2D eigenvalue weighted by molar-refractivity contribution is 0.0929. The largest absolute Gasteiger partial charge is 0.497 e. The van der Waals surface area contributed by atoms with Gasteiger partial charge in [0.2, 0.25) is 0 Å². The summed E-state index contributed by atoms with van der Waals surface area (Å²) >= 11 is 0. The highest BCUT2D eigenvalue weighted by atomic mass is 16.5. The minimum atomic E-state index is -0.285. The van der Waals surface area contributed by atoms with E-state index in [-0.39, 0.29) is 11.8 Å². The van der Waals surface area contributed by atoms with Crippen LogP contribution < -0.4 is 15.4 Å². The van der Waals surface area contributed by atoms with E-state index >= 15 is 0 Å². The molecule has 52 heavy (non-hydrogen) atoms. The van der Waals surface area contributed by atoms with Crippen LogP contribution in [0.3, 0.4) is 0 Å². The van der Waals surface area contributed by atoms with Gasteiger partial charge in [-0.1, -0.05) is 48.5 Å². The summed E-state index contributed by atoms with van der Waals surface area (Å²) in [5, 5.41) is 7.36. The number of rotatable bonds is 12. The van der Waals surface area contributed by atoms with Crippen molar-refractivity contribution in [1.29, 1.82) is 0 Å². The van der Waals surface area contributed by atoms with Crippen LogP contribution in [0.1, 0.15) is 26.5 Å². The molecule has 0 aliphatic heterocycles. The first-order valence-corrected chi connectivity index (χ1v) is 16.8. The Morgan fingerprint density at radius 1 is 0.654 bits per heavy atom. The number of pyridine rings is 5. The van der Waals surface area contributed by atoms with Crippen molar-refractivity contribution in [3.63, 3.8) is 0 Å². The van der Waals surface area contributed by atoms with Gasteiger partial charge in [-0.25, -0.2) is 9.97 Å². The molecule has 0 saturated heterocycles. The maximum atomic E-state index is 13.3.